The Labute approximate surface area is 123 Å². The molecule has 1 fully saturated rings. The van der Waals surface area contributed by atoms with Crippen LogP contribution >= 0.6 is 0 Å². The molecule has 114 valence electrons. The van der Waals surface area contributed by atoms with E-state index in [-0.39, 0.29) is 6.61 Å². The molecular weight excluding hydrogens is 274 g/mol. The predicted octanol–water partition coefficient (Wildman–Crippen LogP) is 0.604. The molecule has 1 aromatic rings. The molecule has 1 unspecified atom stereocenters. The van der Waals surface area contributed by atoms with E-state index in [0.717, 1.165) is 5.56 Å². The minimum absolute atomic E-state index is 0.136. The van der Waals surface area contributed by atoms with Gasteiger partial charge >= 0.3 is 11.9 Å². The van der Waals surface area contributed by atoms with Crippen LogP contribution in [0.2, 0.25) is 0 Å². The smallest absolute Gasteiger partial charge is 0.335 e. The molecule has 2 rings (SSSR count). The van der Waals surface area contributed by atoms with Crippen LogP contribution in [0.4, 0.5) is 0 Å². The van der Waals surface area contributed by atoms with Crippen LogP contribution in [0.3, 0.4) is 0 Å². The van der Waals surface area contributed by atoms with Gasteiger partial charge in [0.1, 0.15) is 6.61 Å². The van der Waals surface area contributed by atoms with Crippen LogP contribution in [-0.2, 0) is 30.4 Å². The van der Waals surface area contributed by atoms with Gasteiger partial charge in [-0.3, -0.25) is 4.90 Å². The maximum Gasteiger partial charge on any atom is 0.335 e. The summed E-state index contributed by atoms with van der Waals surface area (Å²) in [5.41, 5.74) is 0.872. The Kier molecular flexibility index (Phi) is 5.71. The number of nitrogens with zero attached hydrogens (tertiary/aromatic N) is 1. The van der Waals surface area contributed by atoms with Crippen LogP contribution in [0.15, 0.2) is 30.3 Å². The van der Waals surface area contributed by atoms with E-state index in [2.05, 4.69) is 0 Å². The number of esters is 2. The van der Waals surface area contributed by atoms with E-state index >= 15 is 0 Å². The summed E-state index contributed by atoms with van der Waals surface area (Å²) in [4.78, 5) is 25.8. The largest absolute Gasteiger partial charge is 0.467 e. The summed E-state index contributed by atoms with van der Waals surface area (Å²) in [5, 5.41) is 0. The van der Waals surface area contributed by atoms with Gasteiger partial charge in [0.15, 0.2) is 0 Å². The van der Waals surface area contributed by atoms with E-state index in [9.17, 15) is 9.59 Å². The molecule has 1 heterocycles. The van der Waals surface area contributed by atoms with E-state index < -0.39 is 18.0 Å². The number of ether oxygens (including phenoxy) is 3. The maximum atomic E-state index is 12.2. The average molecular weight is 293 g/mol. The lowest BCUT2D eigenvalue weighted by Gasteiger charge is -2.31. The number of carbonyl (C=O) groups excluding carboxylic acids is 2. The Morgan fingerprint density at radius 1 is 1.19 bits per heavy atom. The fourth-order valence-electron chi connectivity index (χ4n) is 2.15. The molecule has 6 nitrogen and oxygen atoms in total. The Bertz CT molecular complexity index is 470. The summed E-state index contributed by atoms with van der Waals surface area (Å²) in [6.07, 6.45) is 0. The van der Waals surface area contributed by atoms with Gasteiger partial charge in [0.2, 0.25) is 6.04 Å². The number of carbonyl (C=O) groups is 2. The lowest BCUT2D eigenvalue weighted by atomic mass is 10.2. The van der Waals surface area contributed by atoms with E-state index in [1.165, 1.54) is 7.11 Å². The van der Waals surface area contributed by atoms with Gasteiger partial charge in [0, 0.05) is 13.1 Å². The van der Waals surface area contributed by atoms with Crippen molar-refractivity contribution in [1.82, 2.24) is 4.90 Å². The Morgan fingerprint density at radius 3 is 2.48 bits per heavy atom. The van der Waals surface area contributed by atoms with E-state index in [1.807, 2.05) is 30.3 Å². The monoisotopic (exact) mass is 293 g/mol. The normalized spacial score (nSPS) is 17.0. The summed E-state index contributed by atoms with van der Waals surface area (Å²) in [6.45, 7) is 2.11. The molecule has 0 saturated carbocycles. The molecule has 1 aromatic carbocycles. The summed E-state index contributed by atoms with van der Waals surface area (Å²) in [6, 6.07) is 8.30. The minimum atomic E-state index is -1.03. The van der Waals surface area contributed by atoms with E-state index in [0.29, 0.717) is 26.3 Å². The fourth-order valence-corrected chi connectivity index (χ4v) is 2.15. The van der Waals surface area contributed by atoms with Gasteiger partial charge in [-0.15, -0.1) is 0 Å². The second kappa shape index (κ2) is 7.75. The number of morpholine rings is 1. The molecule has 1 atom stereocenters. The lowest BCUT2D eigenvalue weighted by molar-refractivity contribution is -0.165. The van der Waals surface area contributed by atoms with Crippen LogP contribution in [0, 0.1) is 0 Å². The molecule has 1 saturated heterocycles. The molecule has 1 aliphatic heterocycles. The second-order valence-electron chi connectivity index (χ2n) is 4.67. The molecular formula is C15H19NO5. The first-order valence-electron chi connectivity index (χ1n) is 6.82. The van der Waals surface area contributed by atoms with Crippen LogP contribution in [0.25, 0.3) is 0 Å². The highest BCUT2D eigenvalue weighted by Crippen LogP contribution is 2.10. The molecule has 0 aliphatic carbocycles. The summed E-state index contributed by atoms with van der Waals surface area (Å²) < 4.78 is 15.2. The zero-order valence-corrected chi connectivity index (χ0v) is 12.0. The first-order valence-corrected chi connectivity index (χ1v) is 6.82. The SMILES string of the molecule is COC(=O)C(C(=O)OCc1ccccc1)N1CCOCC1. The molecule has 0 aromatic heterocycles. The van der Waals surface area contributed by atoms with Crippen molar-refractivity contribution in [3.05, 3.63) is 35.9 Å². The fraction of sp³-hybridized carbons (Fsp3) is 0.467. The van der Waals surface area contributed by atoms with Crippen LogP contribution in [0.1, 0.15) is 5.56 Å². The van der Waals surface area contributed by atoms with Crippen molar-refractivity contribution in [3.8, 4) is 0 Å². The van der Waals surface area contributed by atoms with Gasteiger partial charge in [-0.2, -0.15) is 0 Å². The van der Waals surface area contributed by atoms with Gasteiger partial charge in [-0.05, 0) is 5.56 Å². The van der Waals surface area contributed by atoms with Crippen molar-refractivity contribution in [1.29, 1.82) is 0 Å². The van der Waals surface area contributed by atoms with Crippen LogP contribution < -0.4 is 0 Å². The van der Waals surface area contributed by atoms with Crippen molar-refractivity contribution in [2.24, 2.45) is 0 Å². The van der Waals surface area contributed by atoms with Crippen molar-refractivity contribution < 1.29 is 23.8 Å². The highest BCUT2D eigenvalue weighted by atomic mass is 16.6. The van der Waals surface area contributed by atoms with Crippen molar-refractivity contribution in [3.63, 3.8) is 0 Å². The molecule has 0 amide bonds. The Morgan fingerprint density at radius 2 is 1.86 bits per heavy atom. The number of rotatable bonds is 5. The van der Waals surface area contributed by atoms with Gasteiger partial charge in [-0.1, -0.05) is 30.3 Å². The highest BCUT2D eigenvalue weighted by molar-refractivity contribution is 5.99. The first-order chi connectivity index (χ1) is 10.2. The van der Waals surface area contributed by atoms with Crippen LogP contribution in [-0.4, -0.2) is 56.3 Å². The summed E-state index contributed by atoms with van der Waals surface area (Å²) >= 11 is 0. The van der Waals surface area contributed by atoms with Gasteiger partial charge in [-0.25, -0.2) is 9.59 Å². The molecule has 21 heavy (non-hydrogen) atoms. The molecule has 6 heteroatoms. The van der Waals surface area contributed by atoms with Crippen molar-refractivity contribution in [2.75, 3.05) is 33.4 Å². The third-order valence-corrected chi connectivity index (χ3v) is 3.28. The summed E-state index contributed by atoms with van der Waals surface area (Å²) in [7, 11) is 1.26. The van der Waals surface area contributed by atoms with Crippen molar-refractivity contribution >= 4 is 11.9 Å². The maximum absolute atomic E-state index is 12.2. The Hall–Kier alpha value is -1.92. The van der Waals surface area contributed by atoms with Gasteiger partial charge in [0.05, 0.1) is 20.3 Å². The van der Waals surface area contributed by atoms with Gasteiger partial charge < -0.3 is 14.2 Å². The predicted molar refractivity (Wildman–Crippen MR) is 74.4 cm³/mol. The number of methoxy groups -OCH3 is 1. The Balaban J connectivity index is 1.98. The lowest BCUT2D eigenvalue weighted by Crippen LogP contribution is -2.52. The standard InChI is InChI=1S/C15H19NO5/c1-19-14(17)13(16-7-9-20-10-8-16)15(18)21-11-12-5-3-2-4-6-12/h2-6,13H,7-11H2,1H3. The minimum Gasteiger partial charge on any atom is -0.467 e. The highest BCUT2D eigenvalue weighted by Gasteiger charge is 2.36. The molecule has 1 aliphatic rings. The topological polar surface area (TPSA) is 65.1 Å². The third-order valence-electron chi connectivity index (χ3n) is 3.28. The van der Waals surface area contributed by atoms with Crippen molar-refractivity contribution in [2.45, 2.75) is 12.6 Å². The van der Waals surface area contributed by atoms with E-state index in [1.54, 1.807) is 4.90 Å². The second-order valence-corrected chi connectivity index (χ2v) is 4.67. The van der Waals surface area contributed by atoms with E-state index in [4.69, 9.17) is 14.2 Å². The number of benzene rings is 1. The summed E-state index contributed by atoms with van der Waals surface area (Å²) in [5.74, 6) is -1.19. The first kappa shape index (κ1) is 15.5. The van der Waals surface area contributed by atoms with Crippen LogP contribution in [0.5, 0.6) is 0 Å². The van der Waals surface area contributed by atoms with Gasteiger partial charge in [0.25, 0.3) is 0 Å². The molecule has 0 radical (unpaired) electrons. The molecule has 0 spiro atoms. The third kappa shape index (κ3) is 4.27. The molecule has 0 bridgehead atoms. The quantitative estimate of drug-likeness (QED) is 0.585. The number of hydrogen-bond donors (Lipinski definition) is 0. The number of hydrogen-bond acceptors (Lipinski definition) is 6. The molecule has 0 N–H and O–H groups in total. The zero-order chi connectivity index (χ0) is 15.1. The average Bonchev–Trinajstić information content (AvgIpc) is 2.55. The zero-order valence-electron chi connectivity index (χ0n) is 12.0.